The highest BCUT2D eigenvalue weighted by Crippen LogP contribution is 2.34. The summed E-state index contributed by atoms with van der Waals surface area (Å²) < 4.78 is 5.09. The lowest BCUT2D eigenvalue weighted by Gasteiger charge is -2.01. The van der Waals surface area contributed by atoms with Crippen molar-refractivity contribution in [1.29, 1.82) is 0 Å². The molecule has 6 heteroatoms. The van der Waals surface area contributed by atoms with E-state index in [4.69, 9.17) is 16.3 Å². The third-order valence-corrected chi connectivity index (χ3v) is 5.35. The van der Waals surface area contributed by atoms with Gasteiger partial charge < -0.3 is 9.72 Å². The number of hydrogen-bond acceptors (Lipinski definition) is 4. The number of aryl methyl sites for hydroxylation is 1. The number of hydrogen-bond donors (Lipinski definition) is 1. The van der Waals surface area contributed by atoms with E-state index in [1.807, 2.05) is 13.0 Å². The molecule has 0 fully saturated rings. The average Bonchev–Trinajstić information content (AvgIpc) is 3.10. The molecule has 3 aromatic rings. The molecule has 2 heterocycles. The van der Waals surface area contributed by atoms with Gasteiger partial charge in [-0.3, -0.25) is 0 Å². The van der Waals surface area contributed by atoms with Crippen LogP contribution in [0.5, 0.6) is 0 Å². The first kappa shape index (κ1) is 18.0. The van der Waals surface area contributed by atoms with Gasteiger partial charge in [-0.15, -0.1) is 11.3 Å². The topological polar surface area (TPSA) is 55.0 Å². The smallest absolute Gasteiger partial charge is 0.350 e. The zero-order valence-corrected chi connectivity index (χ0v) is 16.3. The Labute approximate surface area is 156 Å². The summed E-state index contributed by atoms with van der Waals surface area (Å²) >= 11 is 7.82. The molecule has 0 radical (unpaired) electrons. The van der Waals surface area contributed by atoms with E-state index < -0.39 is 0 Å². The number of benzene rings is 1. The Morgan fingerprint density at radius 2 is 2.12 bits per heavy atom. The Bertz CT molecular complexity index is 927. The van der Waals surface area contributed by atoms with Gasteiger partial charge in [0.1, 0.15) is 9.88 Å². The van der Waals surface area contributed by atoms with Gasteiger partial charge in [0.05, 0.1) is 22.8 Å². The lowest BCUT2D eigenvalue weighted by atomic mass is 10.1. The zero-order chi connectivity index (χ0) is 18.1. The third kappa shape index (κ3) is 3.72. The van der Waals surface area contributed by atoms with Crippen molar-refractivity contribution in [3.8, 4) is 10.6 Å². The van der Waals surface area contributed by atoms with Gasteiger partial charge in [-0.1, -0.05) is 25.4 Å². The van der Waals surface area contributed by atoms with Gasteiger partial charge in [-0.25, -0.2) is 9.78 Å². The van der Waals surface area contributed by atoms with Crippen LogP contribution < -0.4 is 0 Å². The Morgan fingerprint density at radius 3 is 2.80 bits per heavy atom. The number of fused-ring (bicyclic) bond motifs is 1. The fraction of sp³-hybridized carbons (Fsp3) is 0.368. The molecule has 1 N–H and O–H groups in total. The van der Waals surface area contributed by atoms with Crippen LogP contribution in [0.15, 0.2) is 18.2 Å². The van der Waals surface area contributed by atoms with Crippen LogP contribution in [-0.4, -0.2) is 22.5 Å². The second kappa shape index (κ2) is 7.18. The molecule has 0 saturated heterocycles. The summed E-state index contributed by atoms with van der Waals surface area (Å²) in [6, 6.07) is 6.10. The highest BCUT2D eigenvalue weighted by atomic mass is 35.5. The van der Waals surface area contributed by atoms with Crippen molar-refractivity contribution in [3.63, 3.8) is 0 Å². The van der Waals surface area contributed by atoms with E-state index in [1.54, 1.807) is 6.92 Å². The highest BCUT2D eigenvalue weighted by Gasteiger charge is 2.18. The van der Waals surface area contributed by atoms with Crippen LogP contribution >= 0.6 is 22.9 Å². The number of thiazole rings is 1. The maximum Gasteiger partial charge on any atom is 0.350 e. The molecule has 0 bridgehead atoms. The van der Waals surface area contributed by atoms with Gasteiger partial charge in [0.25, 0.3) is 0 Å². The van der Waals surface area contributed by atoms with Crippen LogP contribution in [0.2, 0.25) is 5.02 Å². The first-order valence-electron chi connectivity index (χ1n) is 8.35. The number of carbonyl (C=O) groups is 1. The van der Waals surface area contributed by atoms with Gasteiger partial charge in [0.15, 0.2) is 0 Å². The number of H-pyrrole nitrogens is 1. The molecule has 0 saturated carbocycles. The minimum Gasteiger partial charge on any atom is -0.462 e. The van der Waals surface area contributed by atoms with E-state index in [0.29, 0.717) is 28.1 Å². The molecule has 4 nitrogen and oxygen atoms in total. The van der Waals surface area contributed by atoms with Crippen LogP contribution in [0.25, 0.3) is 21.5 Å². The van der Waals surface area contributed by atoms with Gasteiger partial charge >= 0.3 is 5.97 Å². The van der Waals surface area contributed by atoms with Crippen molar-refractivity contribution >= 4 is 39.8 Å². The standard InChI is InChI=1S/C19H21ClN2O2S/c1-5-24-19(23)17-11(4)21-18(25-17)13-7-12-8-14(6-10(2)3)22-16(12)15(20)9-13/h7-10,22H,5-6H2,1-4H3. The molecule has 132 valence electrons. The fourth-order valence-electron chi connectivity index (χ4n) is 2.84. The number of nitrogens with zero attached hydrogens (tertiary/aromatic N) is 1. The summed E-state index contributed by atoms with van der Waals surface area (Å²) in [6.45, 7) is 8.35. The first-order valence-corrected chi connectivity index (χ1v) is 9.54. The van der Waals surface area contributed by atoms with E-state index in [9.17, 15) is 4.79 Å². The van der Waals surface area contributed by atoms with E-state index in [1.165, 1.54) is 17.0 Å². The van der Waals surface area contributed by atoms with Crippen LogP contribution in [0, 0.1) is 12.8 Å². The Hall–Kier alpha value is -1.85. The van der Waals surface area contributed by atoms with E-state index in [0.717, 1.165) is 27.9 Å². The van der Waals surface area contributed by atoms with Crippen molar-refractivity contribution in [1.82, 2.24) is 9.97 Å². The fourth-order valence-corrected chi connectivity index (χ4v) is 4.06. The molecule has 0 aliphatic carbocycles. The monoisotopic (exact) mass is 376 g/mol. The number of esters is 1. The molecule has 0 atom stereocenters. The first-order chi connectivity index (χ1) is 11.9. The second-order valence-electron chi connectivity index (χ2n) is 6.47. The number of halogens is 1. The van der Waals surface area contributed by atoms with Crippen molar-refractivity contribution in [2.24, 2.45) is 5.92 Å². The minimum absolute atomic E-state index is 0.322. The molecular weight excluding hydrogens is 356 g/mol. The number of aromatic nitrogens is 2. The average molecular weight is 377 g/mol. The maximum absolute atomic E-state index is 12.0. The molecule has 1 aromatic carbocycles. The normalized spacial score (nSPS) is 11.4. The van der Waals surface area contributed by atoms with Crippen molar-refractivity contribution in [2.45, 2.75) is 34.1 Å². The molecule has 0 aliphatic rings. The van der Waals surface area contributed by atoms with Gasteiger partial charge in [-0.2, -0.15) is 0 Å². The van der Waals surface area contributed by atoms with E-state index >= 15 is 0 Å². The summed E-state index contributed by atoms with van der Waals surface area (Å²) in [5.41, 5.74) is 3.71. The predicted octanol–water partition coefficient (Wildman–Crippen LogP) is 5.63. The third-order valence-electron chi connectivity index (χ3n) is 3.87. The lowest BCUT2D eigenvalue weighted by Crippen LogP contribution is -2.03. The van der Waals surface area contributed by atoms with Crippen molar-refractivity contribution in [2.75, 3.05) is 6.61 Å². The minimum atomic E-state index is -0.322. The number of aromatic amines is 1. The quantitative estimate of drug-likeness (QED) is 0.587. The van der Waals surface area contributed by atoms with Crippen LogP contribution in [0.3, 0.4) is 0 Å². The van der Waals surface area contributed by atoms with Gasteiger partial charge in [0.2, 0.25) is 0 Å². The molecule has 0 aliphatic heterocycles. The summed E-state index contributed by atoms with van der Waals surface area (Å²) in [7, 11) is 0. The van der Waals surface area contributed by atoms with Crippen molar-refractivity contribution < 1.29 is 9.53 Å². The molecule has 3 rings (SSSR count). The number of carbonyl (C=O) groups excluding carboxylic acids is 1. The highest BCUT2D eigenvalue weighted by molar-refractivity contribution is 7.17. The SMILES string of the molecule is CCOC(=O)c1sc(-c2cc(Cl)c3[nH]c(CC(C)C)cc3c2)nc1C. The molecule has 0 spiro atoms. The van der Waals surface area contributed by atoms with Gasteiger partial charge in [-0.05, 0) is 44.4 Å². The summed E-state index contributed by atoms with van der Waals surface area (Å²) in [5.74, 6) is 0.247. The zero-order valence-electron chi connectivity index (χ0n) is 14.8. The molecule has 25 heavy (non-hydrogen) atoms. The summed E-state index contributed by atoms with van der Waals surface area (Å²) in [6.07, 6.45) is 0.976. The number of rotatable bonds is 5. The van der Waals surface area contributed by atoms with Crippen LogP contribution in [-0.2, 0) is 11.2 Å². The number of nitrogens with one attached hydrogen (secondary N) is 1. The van der Waals surface area contributed by atoms with Crippen LogP contribution in [0.1, 0.15) is 41.8 Å². The molecule has 0 unspecified atom stereocenters. The van der Waals surface area contributed by atoms with Crippen molar-refractivity contribution in [3.05, 3.63) is 39.5 Å². The summed E-state index contributed by atoms with van der Waals surface area (Å²) in [4.78, 5) is 20.5. The van der Waals surface area contributed by atoms with E-state index in [2.05, 4.69) is 35.9 Å². The van der Waals surface area contributed by atoms with E-state index in [-0.39, 0.29) is 5.97 Å². The predicted molar refractivity (Wildman–Crippen MR) is 104 cm³/mol. The molecule has 0 amide bonds. The number of ether oxygens (including phenoxy) is 1. The maximum atomic E-state index is 12.0. The summed E-state index contributed by atoms with van der Waals surface area (Å²) in [5, 5.41) is 2.49. The largest absolute Gasteiger partial charge is 0.462 e. The Kier molecular flexibility index (Phi) is 5.16. The lowest BCUT2D eigenvalue weighted by molar-refractivity contribution is 0.0531. The molecular formula is C19H21ClN2O2S. The molecule has 2 aromatic heterocycles. The van der Waals surface area contributed by atoms with Crippen LogP contribution in [0.4, 0.5) is 0 Å². The van der Waals surface area contributed by atoms with Gasteiger partial charge in [0, 0.05) is 16.6 Å². The Morgan fingerprint density at radius 1 is 1.36 bits per heavy atom. The Balaban J connectivity index is 2.01. The second-order valence-corrected chi connectivity index (χ2v) is 7.88.